The highest BCUT2D eigenvalue weighted by atomic mass is 35.5. The van der Waals surface area contributed by atoms with E-state index in [1.54, 1.807) is 18.2 Å². The van der Waals surface area contributed by atoms with Crippen molar-refractivity contribution in [1.29, 1.82) is 0 Å². The standard InChI is InChI=1S/C17H17ClN2O3/c1-20(9-12-5-6-15-16(7-12)23-11-22-15)10-17(21)19-14-4-2-3-13(18)8-14/h2-8H,9-11H2,1H3,(H,19,21). The van der Waals surface area contributed by atoms with Crippen molar-refractivity contribution in [2.75, 3.05) is 25.7 Å². The van der Waals surface area contributed by atoms with Crippen LogP contribution in [-0.2, 0) is 11.3 Å². The second kappa shape index (κ2) is 6.89. The van der Waals surface area contributed by atoms with Crippen molar-refractivity contribution in [1.82, 2.24) is 4.90 Å². The zero-order valence-electron chi connectivity index (χ0n) is 12.7. The number of carbonyl (C=O) groups excluding carboxylic acids is 1. The van der Waals surface area contributed by atoms with Crippen LogP contribution in [0.3, 0.4) is 0 Å². The number of likely N-dealkylation sites (N-methyl/N-ethyl adjacent to an activating group) is 1. The predicted octanol–water partition coefficient (Wildman–Crippen LogP) is 3.14. The van der Waals surface area contributed by atoms with E-state index in [1.807, 2.05) is 36.2 Å². The third-order valence-corrected chi connectivity index (χ3v) is 3.65. The van der Waals surface area contributed by atoms with E-state index in [4.69, 9.17) is 21.1 Å². The monoisotopic (exact) mass is 332 g/mol. The number of nitrogens with zero attached hydrogens (tertiary/aromatic N) is 1. The van der Waals surface area contributed by atoms with Gasteiger partial charge < -0.3 is 14.8 Å². The van der Waals surface area contributed by atoms with Crippen LogP contribution in [0.15, 0.2) is 42.5 Å². The average molecular weight is 333 g/mol. The number of benzene rings is 2. The minimum absolute atomic E-state index is 0.0875. The zero-order valence-corrected chi connectivity index (χ0v) is 13.5. The highest BCUT2D eigenvalue weighted by Gasteiger charge is 2.14. The summed E-state index contributed by atoms with van der Waals surface area (Å²) in [7, 11) is 1.89. The third kappa shape index (κ3) is 4.15. The first-order chi connectivity index (χ1) is 11.1. The molecule has 2 aromatic carbocycles. The molecule has 0 spiro atoms. The minimum atomic E-state index is -0.0875. The van der Waals surface area contributed by atoms with Gasteiger partial charge in [-0.15, -0.1) is 0 Å². The number of anilines is 1. The molecule has 2 aromatic rings. The summed E-state index contributed by atoms with van der Waals surface area (Å²) in [6.45, 7) is 1.18. The smallest absolute Gasteiger partial charge is 0.238 e. The quantitative estimate of drug-likeness (QED) is 0.914. The van der Waals surface area contributed by atoms with E-state index in [0.717, 1.165) is 17.1 Å². The molecule has 0 radical (unpaired) electrons. The fourth-order valence-corrected chi connectivity index (χ4v) is 2.61. The van der Waals surface area contributed by atoms with Gasteiger partial charge in [0, 0.05) is 17.3 Å². The van der Waals surface area contributed by atoms with Crippen LogP contribution in [0, 0.1) is 0 Å². The molecule has 0 aromatic heterocycles. The summed E-state index contributed by atoms with van der Waals surface area (Å²) in [6, 6.07) is 12.9. The van der Waals surface area contributed by atoms with E-state index in [0.29, 0.717) is 17.3 Å². The van der Waals surface area contributed by atoms with Gasteiger partial charge in [0.2, 0.25) is 12.7 Å². The molecule has 1 aliphatic heterocycles. The van der Waals surface area contributed by atoms with E-state index in [1.165, 1.54) is 0 Å². The second-order valence-electron chi connectivity index (χ2n) is 5.42. The highest BCUT2D eigenvalue weighted by Crippen LogP contribution is 2.32. The Morgan fingerprint density at radius 3 is 2.87 bits per heavy atom. The Balaban J connectivity index is 1.54. The summed E-state index contributed by atoms with van der Waals surface area (Å²) in [6.07, 6.45) is 0. The number of hydrogen-bond donors (Lipinski definition) is 1. The highest BCUT2D eigenvalue weighted by molar-refractivity contribution is 6.30. The summed E-state index contributed by atoms with van der Waals surface area (Å²) < 4.78 is 10.6. The largest absolute Gasteiger partial charge is 0.454 e. The van der Waals surface area contributed by atoms with Crippen molar-refractivity contribution >= 4 is 23.2 Å². The number of halogens is 1. The Morgan fingerprint density at radius 1 is 1.22 bits per heavy atom. The Labute approximate surface area is 139 Å². The van der Waals surface area contributed by atoms with Crippen LogP contribution in [0.2, 0.25) is 5.02 Å². The van der Waals surface area contributed by atoms with E-state index in [2.05, 4.69) is 5.32 Å². The summed E-state index contributed by atoms with van der Waals surface area (Å²) in [5.41, 5.74) is 1.76. The number of rotatable bonds is 5. The van der Waals surface area contributed by atoms with Gasteiger partial charge >= 0.3 is 0 Å². The molecule has 0 unspecified atom stereocenters. The van der Waals surface area contributed by atoms with Crippen LogP contribution in [0.5, 0.6) is 11.5 Å². The van der Waals surface area contributed by atoms with Gasteiger partial charge in [-0.2, -0.15) is 0 Å². The van der Waals surface area contributed by atoms with Gasteiger partial charge in [0.05, 0.1) is 6.54 Å². The zero-order chi connectivity index (χ0) is 16.2. The van der Waals surface area contributed by atoms with Gasteiger partial charge in [-0.1, -0.05) is 23.7 Å². The van der Waals surface area contributed by atoms with Crippen LogP contribution in [0.1, 0.15) is 5.56 Å². The van der Waals surface area contributed by atoms with Crippen molar-refractivity contribution in [2.24, 2.45) is 0 Å². The second-order valence-corrected chi connectivity index (χ2v) is 5.85. The lowest BCUT2D eigenvalue weighted by atomic mass is 10.2. The summed E-state index contributed by atoms with van der Waals surface area (Å²) in [4.78, 5) is 14.0. The molecule has 3 rings (SSSR count). The van der Waals surface area contributed by atoms with Crippen molar-refractivity contribution in [3.63, 3.8) is 0 Å². The maximum atomic E-state index is 12.1. The van der Waals surface area contributed by atoms with Gasteiger partial charge in [0.1, 0.15) is 0 Å². The molecule has 0 bridgehead atoms. The molecule has 0 fully saturated rings. The lowest BCUT2D eigenvalue weighted by molar-refractivity contribution is -0.117. The number of hydrogen-bond acceptors (Lipinski definition) is 4. The Kier molecular flexibility index (Phi) is 4.69. The number of amides is 1. The molecule has 120 valence electrons. The topological polar surface area (TPSA) is 50.8 Å². The summed E-state index contributed by atoms with van der Waals surface area (Å²) in [5.74, 6) is 1.42. The summed E-state index contributed by atoms with van der Waals surface area (Å²) in [5, 5.41) is 3.43. The van der Waals surface area contributed by atoms with Crippen LogP contribution in [0.4, 0.5) is 5.69 Å². The maximum absolute atomic E-state index is 12.1. The average Bonchev–Trinajstić information content (AvgIpc) is 2.94. The number of carbonyl (C=O) groups is 1. The molecule has 1 heterocycles. The maximum Gasteiger partial charge on any atom is 0.238 e. The molecular weight excluding hydrogens is 316 g/mol. The van der Waals surface area contributed by atoms with E-state index in [9.17, 15) is 4.79 Å². The molecule has 1 N–H and O–H groups in total. The van der Waals surface area contributed by atoms with Gasteiger partial charge in [-0.3, -0.25) is 9.69 Å². The van der Waals surface area contributed by atoms with E-state index >= 15 is 0 Å². The fourth-order valence-electron chi connectivity index (χ4n) is 2.42. The molecular formula is C17H17ClN2O3. The van der Waals surface area contributed by atoms with Gasteiger partial charge in [-0.05, 0) is 42.9 Å². The van der Waals surface area contributed by atoms with Crippen molar-refractivity contribution in [3.8, 4) is 11.5 Å². The Hall–Kier alpha value is -2.24. The van der Waals surface area contributed by atoms with Crippen LogP contribution < -0.4 is 14.8 Å². The normalized spacial score (nSPS) is 12.5. The van der Waals surface area contributed by atoms with Crippen LogP contribution in [0.25, 0.3) is 0 Å². The lowest BCUT2D eigenvalue weighted by Gasteiger charge is -2.16. The first-order valence-corrected chi connectivity index (χ1v) is 7.60. The molecule has 0 atom stereocenters. The summed E-state index contributed by atoms with van der Waals surface area (Å²) >= 11 is 5.90. The number of nitrogens with one attached hydrogen (secondary N) is 1. The van der Waals surface area contributed by atoms with Crippen LogP contribution >= 0.6 is 11.6 Å². The van der Waals surface area contributed by atoms with E-state index < -0.39 is 0 Å². The Morgan fingerprint density at radius 2 is 2.04 bits per heavy atom. The first kappa shape index (κ1) is 15.6. The number of fused-ring (bicyclic) bond motifs is 1. The molecule has 1 aliphatic rings. The molecule has 0 aliphatic carbocycles. The van der Waals surface area contributed by atoms with Gasteiger partial charge in [0.15, 0.2) is 11.5 Å². The first-order valence-electron chi connectivity index (χ1n) is 7.22. The predicted molar refractivity (Wildman–Crippen MR) is 89.0 cm³/mol. The lowest BCUT2D eigenvalue weighted by Crippen LogP contribution is -2.29. The van der Waals surface area contributed by atoms with E-state index in [-0.39, 0.29) is 19.2 Å². The molecule has 1 amide bonds. The molecule has 6 heteroatoms. The van der Waals surface area contributed by atoms with Gasteiger partial charge in [0.25, 0.3) is 0 Å². The van der Waals surface area contributed by atoms with Crippen LogP contribution in [-0.4, -0.2) is 31.2 Å². The molecule has 0 saturated heterocycles. The SMILES string of the molecule is CN(CC(=O)Nc1cccc(Cl)c1)Cc1ccc2c(c1)OCO2. The molecule has 0 saturated carbocycles. The number of ether oxygens (including phenoxy) is 2. The van der Waals surface area contributed by atoms with Crippen molar-refractivity contribution in [2.45, 2.75) is 6.54 Å². The van der Waals surface area contributed by atoms with Gasteiger partial charge in [-0.25, -0.2) is 0 Å². The fraction of sp³-hybridized carbons (Fsp3) is 0.235. The minimum Gasteiger partial charge on any atom is -0.454 e. The molecule has 5 nitrogen and oxygen atoms in total. The van der Waals surface area contributed by atoms with Crippen molar-refractivity contribution < 1.29 is 14.3 Å². The van der Waals surface area contributed by atoms with Crippen molar-refractivity contribution in [3.05, 3.63) is 53.1 Å². The Bertz CT molecular complexity index is 721. The third-order valence-electron chi connectivity index (χ3n) is 3.41. The molecule has 23 heavy (non-hydrogen) atoms.